The van der Waals surface area contributed by atoms with Gasteiger partial charge in [0.25, 0.3) is 0 Å². The molecule has 2 rings (SSSR count). The normalized spacial score (nSPS) is 19.5. The highest BCUT2D eigenvalue weighted by atomic mass is 16.3. The first-order chi connectivity index (χ1) is 8.65. The predicted molar refractivity (Wildman–Crippen MR) is 76.7 cm³/mol. The van der Waals surface area contributed by atoms with Crippen molar-refractivity contribution in [1.29, 1.82) is 0 Å². The number of rotatable bonds is 3. The van der Waals surface area contributed by atoms with E-state index < -0.39 is 0 Å². The van der Waals surface area contributed by atoms with Gasteiger partial charge in [-0.3, -0.25) is 0 Å². The van der Waals surface area contributed by atoms with Gasteiger partial charge < -0.3 is 5.11 Å². The highest BCUT2D eigenvalue weighted by Crippen LogP contribution is 2.31. The number of aryl methyl sites for hydroxylation is 2. The Balaban J connectivity index is 1.99. The van der Waals surface area contributed by atoms with Crippen LogP contribution in [0.1, 0.15) is 67.7 Å². The molecule has 1 N–H and O–H groups in total. The predicted octanol–water partition coefficient (Wildman–Crippen LogP) is 4.70. The first-order valence-corrected chi connectivity index (χ1v) is 7.41. The molecule has 1 aliphatic rings. The second-order valence-corrected chi connectivity index (χ2v) is 6.03. The van der Waals surface area contributed by atoms with Crippen LogP contribution in [-0.2, 0) is 0 Å². The van der Waals surface area contributed by atoms with E-state index in [-0.39, 0.29) is 6.10 Å². The summed E-state index contributed by atoms with van der Waals surface area (Å²) in [6, 6.07) is 6.44. The van der Waals surface area contributed by atoms with E-state index in [1.807, 2.05) is 0 Å². The molecule has 0 aromatic heterocycles. The lowest BCUT2D eigenvalue weighted by atomic mass is 9.90. The number of benzene rings is 1. The molecule has 1 aromatic rings. The van der Waals surface area contributed by atoms with Crippen molar-refractivity contribution in [2.24, 2.45) is 5.92 Å². The highest BCUT2D eigenvalue weighted by molar-refractivity contribution is 5.29. The van der Waals surface area contributed by atoms with Crippen LogP contribution >= 0.6 is 0 Å². The molecule has 1 saturated carbocycles. The molecule has 0 heterocycles. The van der Waals surface area contributed by atoms with E-state index in [4.69, 9.17) is 0 Å². The van der Waals surface area contributed by atoms with E-state index in [1.165, 1.54) is 49.7 Å². The van der Waals surface area contributed by atoms with Gasteiger partial charge in [0.15, 0.2) is 0 Å². The Morgan fingerprint density at radius 3 is 2.11 bits per heavy atom. The van der Waals surface area contributed by atoms with Crippen molar-refractivity contribution >= 4 is 0 Å². The Morgan fingerprint density at radius 2 is 1.56 bits per heavy atom. The van der Waals surface area contributed by atoms with Gasteiger partial charge in [0.2, 0.25) is 0 Å². The maximum Gasteiger partial charge on any atom is 0.0792 e. The van der Waals surface area contributed by atoms with Crippen LogP contribution in [0.15, 0.2) is 18.2 Å². The molecule has 0 spiro atoms. The monoisotopic (exact) mass is 246 g/mol. The van der Waals surface area contributed by atoms with Crippen LogP contribution in [0.5, 0.6) is 0 Å². The molecular formula is C17H26O. The summed E-state index contributed by atoms with van der Waals surface area (Å²) in [5.41, 5.74) is 3.62. The molecule has 1 aromatic carbocycles. The fourth-order valence-electron chi connectivity index (χ4n) is 3.25. The minimum Gasteiger partial charge on any atom is -0.388 e. The molecule has 0 saturated heterocycles. The van der Waals surface area contributed by atoms with Crippen LogP contribution in [0.2, 0.25) is 0 Å². The molecule has 0 radical (unpaired) electrons. The zero-order valence-corrected chi connectivity index (χ0v) is 11.8. The van der Waals surface area contributed by atoms with Gasteiger partial charge in [0, 0.05) is 0 Å². The third-order valence-electron chi connectivity index (χ3n) is 4.16. The Kier molecular flexibility index (Phi) is 4.82. The summed E-state index contributed by atoms with van der Waals surface area (Å²) in [4.78, 5) is 0. The largest absolute Gasteiger partial charge is 0.388 e. The third-order valence-corrected chi connectivity index (χ3v) is 4.16. The summed E-state index contributed by atoms with van der Waals surface area (Å²) in [6.07, 6.45) is 8.76. The van der Waals surface area contributed by atoms with Crippen LogP contribution in [-0.4, -0.2) is 5.11 Å². The van der Waals surface area contributed by atoms with Gasteiger partial charge in [-0.2, -0.15) is 0 Å². The summed E-state index contributed by atoms with van der Waals surface area (Å²) >= 11 is 0. The first kappa shape index (κ1) is 13.6. The van der Waals surface area contributed by atoms with Gasteiger partial charge in [-0.25, -0.2) is 0 Å². The molecule has 100 valence electrons. The topological polar surface area (TPSA) is 20.2 Å². The maximum atomic E-state index is 10.4. The lowest BCUT2D eigenvalue weighted by Crippen LogP contribution is -2.07. The van der Waals surface area contributed by atoms with Crippen molar-refractivity contribution in [3.8, 4) is 0 Å². The van der Waals surface area contributed by atoms with E-state index in [9.17, 15) is 5.11 Å². The molecule has 0 bridgehead atoms. The van der Waals surface area contributed by atoms with Crippen LogP contribution in [0, 0.1) is 19.8 Å². The van der Waals surface area contributed by atoms with Gasteiger partial charge in [0.05, 0.1) is 6.10 Å². The summed E-state index contributed by atoms with van der Waals surface area (Å²) in [5, 5.41) is 10.4. The fraction of sp³-hybridized carbons (Fsp3) is 0.647. The van der Waals surface area contributed by atoms with Crippen LogP contribution < -0.4 is 0 Å². The Hall–Kier alpha value is -0.820. The van der Waals surface area contributed by atoms with Crippen molar-refractivity contribution in [3.05, 3.63) is 34.9 Å². The van der Waals surface area contributed by atoms with E-state index >= 15 is 0 Å². The van der Waals surface area contributed by atoms with E-state index in [0.29, 0.717) is 0 Å². The average molecular weight is 246 g/mol. The summed E-state index contributed by atoms with van der Waals surface area (Å²) in [5.74, 6) is 0.725. The second-order valence-electron chi connectivity index (χ2n) is 6.03. The van der Waals surface area contributed by atoms with E-state index in [2.05, 4.69) is 32.0 Å². The molecule has 1 aliphatic carbocycles. The minimum absolute atomic E-state index is 0.272. The lowest BCUT2D eigenvalue weighted by molar-refractivity contribution is 0.139. The van der Waals surface area contributed by atoms with Crippen molar-refractivity contribution in [3.63, 3.8) is 0 Å². The number of aliphatic hydroxyl groups excluding tert-OH is 1. The molecule has 1 fully saturated rings. The molecule has 18 heavy (non-hydrogen) atoms. The van der Waals surface area contributed by atoms with E-state index in [0.717, 1.165) is 17.9 Å². The minimum atomic E-state index is -0.272. The number of hydrogen-bond donors (Lipinski definition) is 1. The average Bonchev–Trinajstić information content (AvgIpc) is 2.56. The molecule has 1 atom stereocenters. The lowest BCUT2D eigenvalue weighted by Gasteiger charge is -2.19. The zero-order chi connectivity index (χ0) is 13.0. The van der Waals surface area contributed by atoms with Gasteiger partial charge in [-0.05, 0) is 31.7 Å². The van der Waals surface area contributed by atoms with E-state index in [1.54, 1.807) is 0 Å². The standard InChI is InChI=1S/C17H26O/c1-13-9-14(2)11-16(10-13)17(18)12-15-7-5-3-4-6-8-15/h9-11,15,17-18H,3-8,12H2,1-2H3. The molecule has 1 heteroatoms. The third kappa shape index (κ3) is 3.84. The van der Waals surface area contributed by atoms with Gasteiger partial charge in [0.1, 0.15) is 0 Å². The number of hydrogen-bond acceptors (Lipinski definition) is 1. The molecule has 1 unspecified atom stereocenters. The zero-order valence-electron chi connectivity index (χ0n) is 11.8. The van der Waals surface area contributed by atoms with Crippen LogP contribution in [0.25, 0.3) is 0 Å². The van der Waals surface area contributed by atoms with Gasteiger partial charge in [-0.15, -0.1) is 0 Å². The number of aliphatic hydroxyl groups is 1. The van der Waals surface area contributed by atoms with Crippen molar-refractivity contribution in [2.45, 2.75) is 64.9 Å². The fourth-order valence-corrected chi connectivity index (χ4v) is 3.25. The molecule has 0 aliphatic heterocycles. The summed E-state index contributed by atoms with van der Waals surface area (Å²) in [6.45, 7) is 4.21. The summed E-state index contributed by atoms with van der Waals surface area (Å²) in [7, 11) is 0. The highest BCUT2D eigenvalue weighted by Gasteiger charge is 2.18. The second kappa shape index (κ2) is 6.38. The quantitative estimate of drug-likeness (QED) is 0.767. The Labute approximate surface area is 111 Å². The van der Waals surface area contributed by atoms with Crippen molar-refractivity contribution < 1.29 is 5.11 Å². The molecule has 1 nitrogen and oxygen atoms in total. The molecule has 0 amide bonds. The smallest absolute Gasteiger partial charge is 0.0792 e. The Bertz CT molecular complexity index is 355. The van der Waals surface area contributed by atoms with Crippen LogP contribution in [0.3, 0.4) is 0 Å². The van der Waals surface area contributed by atoms with Crippen LogP contribution in [0.4, 0.5) is 0 Å². The maximum absolute atomic E-state index is 10.4. The van der Waals surface area contributed by atoms with Gasteiger partial charge >= 0.3 is 0 Å². The first-order valence-electron chi connectivity index (χ1n) is 7.41. The van der Waals surface area contributed by atoms with Crippen molar-refractivity contribution in [1.82, 2.24) is 0 Å². The SMILES string of the molecule is Cc1cc(C)cc(C(O)CC2CCCCCC2)c1. The van der Waals surface area contributed by atoms with Gasteiger partial charge in [-0.1, -0.05) is 67.9 Å². The van der Waals surface area contributed by atoms with Crippen molar-refractivity contribution in [2.75, 3.05) is 0 Å². The Morgan fingerprint density at radius 1 is 1.00 bits per heavy atom. The summed E-state index contributed by atoms with van der Waals surface area (Å²) < 4.78 is 0. The molecular weight excluding hydrogens is 220 g/mol.